The Morgan fingerprint density at radius 1 is 1.23 bits per heavy atom. The Kier molecular flexibility index (Phi) is 6.68. The highest BCUT2D eigenvalue weighted by molar-refractivity contribution is 6.05. The van der Waals surface area contributed by atoms with Crippen molar-refractivity contribution < 1.29 is 19.2 Å². The van der Waals surface area contributed by atoms with Crippen molar-refractivity contribution in [1.82, 2.24) is 0 Å². The van der Waals surface area contributed by atoms with Gasteiger partial charge in [0.1, 0.15) is 5.75 Å². The van der Waals surface area contributed by atoms with Gasteiger partial charge in [0, 0.05) is 29.9 Å². The van der Waals surface area contributed by atoms with Crippen molar-refractivity contribution >= 4 is 17.3 Å². The van der Waals surface area contributed by atoms with E-state index >= 15 is 0 Å². The van der Waals surface area contributed by atoms with Crippen LogP contribution in [0.2, 0.25) is 0 Å². The first-order valence-corrected chi connectivity index (χ1v) is 8.27. The van der Waals surface area contributed by atoms with Gasteiger partial charge < -0.3 is 14.8 Å². The smallest absolute Gasteiger partial charge is 0.271 e. The van der Waals surface area contributed by atoms with E-state index in [4.69, 9.17) is 9.47 Å². The number of nitro benzene ring substituents is 1. The van der Waals surface area contributed by atoms with Crippen LogP contribution in [0, 0.1) is 17.0 Å². The van der Waals surface area contributed by atoms with Gasteiger partial charge in [0.25, 0.3) is 11.6 Å². The molecule has 0 aliphatic carbocycles. The van der Waals surface area contributed by atoms with Gasteiger partial charge in [0.05, 0.1) is 24.3 Å². The number of benzene rings is 2. The predicted molar refractivity (Wildman–Crippen MR) is 98.7 cm³/mol. The van der Waals surface area contributed by atoms with Gasteiger partial charge in [-0.25, -0.2) is 0 Å². The van der Waals surface area contributed by atoms with E-state index in [2.05, 4.69) is 5.32 Å². The average molecular weight is 358 g/mol. The fourth-order valence-electron chi connectivity index (χ4n) is 2.41. The Morgan fingerprint density at radius 2 is 2.00 bits per heavy atom. The second-order valence-electron chi connectivity index (χ2n) is 5.79. The highest BCUT2D eigenvalue weighted by atomic mass is 16.6. The quantitative estimate of drug-likeness (QED) is 0.436. The number of nitrogens with one attached hydrogen (secondary N) is 1. The molecule has 26 heavy (non-hydrogen) atoms. The third kappa shape index (κ3) is 4.80. The summed E-state index contributed by atoms with van der Waals surface area (Å²) in [5.41, 5.74) is 2.26. The van der Waals surface area contributed by atoms with E-state index in [1.807, 2.05) is 6.92 Å². The molecule has 2 rings (SSSR count). The molecule has 0 aliphatic rings. The Balaban J connectivity index is 2.23. The molecule has 7 nitrogen and oxygen atoms in total. The lowest BCUT2D eigenvalue weighted by Crippen LogP contribution is -2.13. The summed E-state index contributed by atoms with van der Waals surface area (Å²) in [4.78, 5) is 23.0. The Bertz CT molecular complexity index is 805. The molecule has 0 saturated carbocycles. The summed E-state index contributed by atoms with van der Waals surface area (Å²) in [6.07, 6.45) is 0.897. The fraction of sp³-hybridized carbons (Fsp3) is 0.316. The molecule has 0 radical (unpaired) electrons. The number of hydrogen-bond acceptors (Lipinski definition) is 5. The standard InChI is InChI=1S/C19H22N2O5/c1-4-9-26-12-15-10-14(6-8-18(15)25-3)19(22)20-17-11-16(21(23)24)7-5-13(17)2/h5-8,10-11H,4,9,12H2,1-3H3,(H,20,22). The normalized spacial score (nSPS) is 10.4. The van der Waals surface area contributed by atoms with Crippen LogP contribution in [0.15, 0.2) is 36.4 Å². The molecular weight excluding hydrogens is 336 g/mol. The summed E-state index contributed by atoms with van der Waals surface area (Å²) in [5, 5.41) is 13.7. The zero-order valence-electron chi connectivity index (χ0n) is 15.1. The molecule has 0 spiro atoms. The minimum atomic E-state index is -0.494. The van der Waals surface area contributed by atoms with E-state index in [1.54, 1.807) is 38.3 Å². The number of rotatable bonds is 8. The summed E-state index contributed by atoms with van der Waals surface area (Å²) in [6, 6.07) is 9.41. The van der Waals surface area contributed by atoms with E-state index < -0.39 is 4.92 Å². The lowest BCUT2D eigenvalue weighted by atomic mass is 10.1. The number of nitro groups is 1. The van der Waals surface area contributed by atoms with Gasteiger partial charge in [-0.2, -0.15) is 0 Å². The maximum Gasteiger partial charge on any atom is 0.271 e. The monoisotopic (exact) mass is 358 g/mol. The highest BCUT2D eigenvalue weighted by Gasteiger charge is 2.14. The first kappa shape index (κ1) is 19.4. The van der Waals surface area contributed by atoms with Crippen molar-refractivity contribution in [1.29, 1.82) is 0 Å². The Morgan fingerprint density at radius 3 is 2.65 bits per heavy atom. The molecule has 0 bridgehead atoms. The molecule has 0 saturated heterocycles. The molecule has 0 aromatic heterocycles. The molecule has 0 atom stereocenters. The van der Waals surface area contributed by atoms with Gasteiger partial charge >= 0.3 is 0 Å². The Labute approximate surface area is 152 Å². The molecule has 0 fully saturated rings. The van der Waals surface area contributed by atoms with Gasteiger partial charge in [-0.15, -0.1) is 0 Å². The van der Waals surface area contributed by atoms with Gasteiger partial charge in [-0.1, -0.05) is 13.0 Å². The third-order valence-corrected chi connectivity index (χ3v) is 3.83. The number of nitrogens with zero attached hydrogens (tertiary/aromatic N) is 1. The summed E-state index contributed by atoms with van der Waals surface area (Å²) in [6.45, 7) is 4.75. The molecule has 1 amide bonds. The second kappa shape index (κ2) is 8.96. The molecule has 7 heteroatoms. The summed E-state index contributed by atoms with van der Waals surface area (Å²) < 4.78 is 10.8. The van der Waals surface area contributed by atoms with Crippen molar-refractivity contribution in [3.8, 4) is 5.75 Å². The molecule has 0 unspecified atom stereocenters. The van der Waals surface area contributed by atoms with Crippen molar-refractivity contribution in [2.24, 2.45) is 0 Å². The molecule has 2 aromatic carbocycles. The van der Waals surface area contributed by atoms with E-state index in [0.29, 0.717) is 30.2 Å². The number of carbonyl (C=O) groups excluding carboxylic acids is 1. The second-order valence-corrected chi connectivity index (χ2v) is 5.79. The van der Waals surface area contributed by atoms with Crippen LogP contribution in [0.1, 0.15) is 34.8 Å². The highest BCUT2D eigenvalue weighted by Crippen LogP contribution is 2.24. The van der Waals surface area contributed by atoms with Gasteiger partial charge in [0.2, 0.25) is 0 Å². The van der Waals surface area contributed by atoms with Crippen LogP contribution in [0.4, 0.5) is 11.4 Å². The lowest BCUT2D eigenvalue weighted by Gasteiger charge is -2.12. The van der Waals surface area contributed by atoms with Gasteiger partial charge in [0.15, 0.2) is 0 Å². The van der Waals surface area contributed by atoms with Crippen LogP contribution in [-0.4, -0.2) is 24.5 Å². The summed E-state index contributed by atoms with van der Waals surface area (Å²) in [5.74, 6) is 0.289. The molecule has 2 aromatic rings. The largest absolute Gasteiger partial charge is 0.496 e. The first-order chi connectivity index (χ1) is 12.5. The summed E-state index contributed by atoms with van der Waals surface area (Å²) >= 11 is 0. The first-order valence-electron chi connectivity index (χ1n) is 8.27. The van der Waals surface area contributed by atoms with Gasteiger partial charge in [-0.3, -0.25) is 14.9 Å². The van der Waals surface area contributed by atoms with Crippen LogP contribution in [0.5, 0.6) is 5.75 Å². The van der Waals surface area contributed by atoms with E-state index in [-0.39, 0.29) is 11.6 Å². The number of methoxy groups -OCH3 is 1. The van der Waals surface area contributed by atoms with Crippen LogP contribution in [0.25, 0.3) is 0 Å². The number of ether oxygens (including phenoxy) is 2. The number of anilines is 1. The summed E-state index contributed by atoms with van der Waals surface area (Å²) in [7, 11) is 1.56. The average Bonchev–Trinajstić information content (AvgIpc) is 2.63. The van der Waals surface area contributed by atoms with Gasteiger partial charge in [-0.05, 0) is 37.1 Å². The Hall–Kier alpha value is -2.93. The number of hydrogen-bond donors (Lipinski definition) is 1. The zero-order chi connectivity index (χ0) is 19.1. The number of carbonyl (C=O) groups is 1. The molecule has 0 aliphatic heterocycles. The molecule has 1 N–H and O–H groups in total. The maximum atomic E-state index is 12.6. The van der Waals surface area contributed by atoms with Crippen molar-refractivity contribution in [3.05, 3.63) is 63.2 Å². The predicted octanol–water partition coefficient (Wildman–Crippen LogP) is 4.09. The van der Waals surface area contributed by atoms with Crippen LogP contribution >= 0.6 is 0 Å². The zero-order valence-corrected chi connectivity index (χ0v) is 15.1. The SMILES string of the molecule is CCCOCc1cc(C(=O)Nc2cc([N+](=O)[O-])ccc2C)ccc1OC. The molecule has 0 heterocycles. The van der Waals surface area contributed by atoms with E-state index in [9.17, 15) is 14.9 Å². The number of non-ortho nitro benzene ring substituents is 1. The fourth-order valence-corrected chi connectivity index (χ4v) is 2.41. The topological polar surface area (TPSA) is 90.7 Å². The lowest BCUT2D eigenvalue weighted by molar-refractivity contribution is -0.384. The van der Waals surface area contributed by atoms with Crippen molar-refractivity contribution in [2.45, 2.75) is 26.9 Å². The third-order valence-electron chi connectivity index (χ3n) is 3.83. The maximum absolute atomic E-state index is 12.6. The van der Waals surface area contributed by atoms with E-state index in [1.165, 1.54) is 12.1 Å². The number of amides is 1. The molecular formula is C19H22N2O5. The van der Waals surface area contributed by atoms with Crippen LogP contribution in [-0.2, 0) is 11.3 Å². The van der Waals surface area contributed by atoms with E-state index in [0.717, 1.165) is 17.5 Å². The molecule has 138 valence electrons. The minimum Gasteiger partial charge on any atom is -0.496 e. The van der Waals surface area contributed by atoms with Crippen LogP contribution < -0.4 is 10.1 Å². The van der Waals surface area contributed by atoms with Crippen molar-refractivity contribution in [2.75, 3.05) is 19.0 Å². The van der Waals surface area contributed by atoms with Crippen molar-refractivity contribution in [3.63, 3.8) is 0 Å². The minimum absolute atomic E-state index is 0.0747. The number of aryl methyl sites for hydroxylation is 1. The van der Waals surface area contributed by atoms with Crippen LogP contribution in [0.3, 0.4) is 0 Å².